The van der Waals surface area contributed by atoms with Gasteiger partial charge in [-0.1, -0.05) is 0 Å². The average Bonchev–Trinajstić information content (AvgIpc) is 2.61. The second-order valence-corrected chi connectivity index (χ2v) is 4.50. The van der Waals surface area contributed by atoms with Gasteiger partial charge in [0, 0.05) is 5.69 Å². The molecule has 1 N–H and O–H groups in total. The molecule has 104 valence electrons. The molecule has 0 bridgehead atoms. The van der Waals surface area contributed by atoms with E-state index in [9.17, 15) is 13.6 Å². The van der Waals surface area contributed by atoms with Gasteiger partial charge in [0.05, 0.1) is 20.1 Å². The second kappa shape index (κ2) is 5.03. The summed E-state index contributed by atoms with van der Waals surface area (Å²) in [7, 11) is 1.57. The van der Waals surface area contributed by atoms with E-state index < -0.39 is 24.4 Å². The summed E-state index contributed by atoms with van der Waals surface area (Å²) in [6, 6.07) is 5.39. The number of benzene rings is 1. The molecule has 0 radical (unpaired) electrons. The highest BCUT2D eigenvalue weighted by atomic mass is 19.3. The summed E-state index contributed by atoms with van der Waals surface area (Å²) < 4.78 is 35.6. The molecule has 1 atom stereocenters. The highest BCUT2D eigenvalue weighted by Gasteiger charge is 2.50. The van der Waals surface area contributed by atoms with Crippen molar-refractivity contribution in [3.8, 4) is 5.75 Å². The van der Waals surface area contributed by atoms with Gasteiger partial charge >= 0.3 is 11.9 Å². The third kappa shape index (κ3) is 2.94. The number of anilines is 1. The third-order valence-electron chi connectivity index (χ3n) is 3.01. The van der Waals surface area contributed by atoms with Gasteiger partial charge in [-0.25, -0.2) is 4.79 Å². The molecule has 1 aliphatic rings. The molecule has 1 heterocycles. The molecular formula is C13H15F2NO3. The van der Waals surface area contributed by atoms with E-state index in [1.165, 1.54) is 0 Å². The maximum atomic E-state index is 13.0. The molecule has 1 saturated heterocycles. The predicted octanol–water partition coefficient (Wildman–Crippen LogP) is 2.37. The Labute approximate surface area is 109 Å². The van der Waals surface area contributed by atoms with Crippen molar-refractivity contribution in [3.05, 3.63) is 23.8 Å². The number of ether oxygens (including phenoxy) is 2. The number of methoxy groups -OCH3 is 1. The Bertz CT molecular complexity index is 491. The van der Waals surface area contributed by atoms with Gasteiger partial charge in [-0.3, -0.25) is 0 Å². The van der Waals surface area contributed by atoms with Crippen LogP contribution in [0.15, 0.2) is 18.2 Å². The molecule has 1 fully saturated rings. The van der Waals surface area contributed by atoms with E-state index in [0.717, 1.165) is 17.0 Å². The zero-order valence-corrected chi connectivity index (χ0v) is 10.7. The van der Waals surface area contributed by atoms with Gasteiger partial charge in [0.1, 0.15) is 11.9 Å². The highest BCUT2D eigenvalue weighted by Crippen LogP contribution is 2.31. The molecule has 4 nitrogen and oxygen atoms in total. The molecule has 6 heteroatoms. The first-order valence-electron chi connectivity index (χ1n) is 5.90. The zero-order valence-electron chi connectivity index (χ0n) is 10.7. The first kappa shape index (κ1) is 13.6. The van der Waals surface area contributed by atoms with Crippen LogP contribution in [0.1, 0.15) is 12.0 Å². The summed E-state index contributed by atoms with van der Waals surface area (Å²) in [6.45, 7) is 2.04. The molecule has 0 aromatic heterocycles. The van der Waals surface area contributed by atoms with Crippen LogP contribution in [0.4, 0.5) is 14.5 Å². The number of esters is 1. The van der Waals surface area contributed by atoms with Crippen molar-refractivity contribution in [3.63, 3.8) is 0 Å². The summed E-state index contributed by atoms with van der Waals surface area (Å²) in [5.41, 5.74) is 1.72. The van der Waals surface area contributed by atoms with Crippen molar-refractivity contribution in [1.82, 2.24) is 0 Å². The minimum atomic E-state index is -3.36. The van der Waals surface area contributed by atoms with Gasteiger partial charge < -0.3 is 14.8 Å². The number of aryl methyl sites for hydroxylation is 1. The Hall–Kier alpha value is -1.85. The predicted molar refractivity (Wildman–Crippen MR) is 65.7 cm³/mol. The fourth-order valence-electron chi connectivity index (χ4n) is 1.95. The second-order valence-electron chi connectivity index (χ2n) is 4.50. The molecule has 1 aromatic carbocycles. The lowest BCUT2D eigenvalue weighted by atomic mass is 10.1. The smallest absolute Gasteiger partial charge is 0.377 e. The quantitative estimate of drug-likeness (QED) is 0.854. The van der Waals surface area contributed by atoms with Crippen LogP contribution >= 0.6 is 0 Å². The van der Waals surface area contributed by atoms with E-state index in [1.54, 1.807) is 19.2 Å². The summed E-state index contributed by atoms with van der Waals surface area (Å²) >= 11 is 0. The van der Waals surface area contributed by atoms with Crippen molar-refractivity contribution in [1.29, 1.82) is 0 Å². The lowest BCUT2D eigenvalue weighted by Gasteiger charge is -2.13. The normalized spacial score (nSPS) is 21.1. The highest BCUT2D eigenvalue weighted by molar-refractivity contribution is 5.79. The van der Waals surface area contributed by atoms with Crippen molar-refractivity contribution in [2.45, 2.75) is 25.4 Å². The van der Waals surface area contributed by atoms with E-state index >= 15 is 0 Å². The Morgan fingerprint density at radius 2 is 2.26 bits per heavy atom. The third-order valence-corrected chi connectivity index (χ3v) is 3.01. The molecule has 2 rings (SSSR count). The topological polar surface area (TPSA) is 47.6 Å². The van der Waals surface area contributed by atoms with E-state index in [1.807, 2.05) is 13.0 Å². The number of hydrogen-bond acceptors (Lipinski definition) is 4. The molecule has 1 aliphatic heterocycles. The van der Waals surface area contributed by atoms with Gasteiger partial charge in [0.25, 0.3) is 0 Å². The van der Waals surface area contributed by atoms with Crippen LogP contribution in [0.2, 0.25) is 0 Å². The van der Waals surface area contributed by atoms with E-state index in [2.05, 4.69) is 10.1 Å². The number of carbonyl (C=O) groups excluding carboxylic acids is 1. The summed E-state index contributed by atoms with van der Waals surface area (Å²) in [5.74, 6) is -4.07. The fraction of sp³-hybridized carbons (Fsp3) is 0.462. The first-order valence-corrected chi connectivity index (χ1v) is 5.90. The van der Waals surface area contributed by atoms with Crippen LogP contribution in [0.3, 0.4) is 0 Å². The molecule has 0 aliphatic carbocycles. The van der Waals surface area contributed by atoms with Crippen molar-refractivity contribution < 1.29 is 23.0 Å². The Balaban J connectivity index is 1.95. The lowest BCUT2D eigenvalue weighted by Crippen LogP contribution is -2.22. The van der Waals surface area contributed by atoms with Crippen LogP contribution in [0.5, 0.6) is 5.75 Å². The number of halogens is 2. The Morgan fingerprint density at radius 3 is 2.79 bits per heavy atom. The molecule has 19 heavy (non-hydrogen) atoms. The monoisotopic (exact) mass is 271 g/mol. The van der Waals surface area contributed by atoms with E-state index in [0.29, 0.717) is 0 Å². The molecule has 0 saturated carbocycles. The van der Waals surface area contributed by atoms with Crippen LogP contribution in [-0.2, 0) is 9.53 Å². The zero-order chi connectivity index (χ0) is 14.0. The average molecular weight is 271 g/mol. The fourth-order valence-corrected chi connectivity index (χ4v) is 1.95. The molecule has 1 aromatic rings. The molecule has 1 unspecified atom stereocenters. The molecular weight excluding hydrogens is 256 g/mol. The van der Waals surface area contributed by atoms with Gasteiger partial charge in [-0.15, -0.1) is 0 Å². The number of rotatable bonds is 4. The number of hydrogen-bond donors (Lipinski definition) is 1. The molecule has 0 amide bonds. The van der Waals surface area contributed by atoms with Gasteiger partial charge in [0.2, 0.25) is 0 Å². The first-order chi connectivity index (χ1) is 8.92. The summed E-state index contributed by atoms with van der Waals surface area (Å²) in [6.07, 6.45) is -1.38. The number of nitrogens with one attached hydrogen (secondary N) is 1. The number of alkyl halides is 2. The maximum Gasteiger partial charge on any atom is 0.377 e. The minimum absolute atomic E-state index is 0.161. The van der Waals surface area contributed by atoms with Crippen LogP contribution in [0.25, 0.3) is 0 Å². The largest absolute Gasteiger partial charge is 0.497 e. The van der Waals surface area contributed by atoms with Crippen LogP contribution < -0.4 is 10.1 Å². The molecule has 0 spiro atoms. The van der Waals surface area contributed by atoms with Crippen LogP contribution in [0, 0.1) is 6.92 Å². The minimum Gasteiger partial charge on any atom is -0.497 e. The van der Waals surface area contributed by atoms with Crippen molar-refractivity contribution >= 4 is 11.7 Å². The van der Waals surface area contributed by atoms with Gasteiger partial charge in [-0.05, 0) is 30.7 Å². The van der Waals surface area contributed by atoms with Crippen molar-refractivity contribution in [2.75, 3.05) is 19.0 Å². The Morgan fingerprint density at radius 1 is 1.53 bits per heavy atom. The summed E-state index contributed by atoms with van der Waals surface area (Å²) in [4.78, 5) is 10.9. The standard InChI is InChI=1S/C13H15F2NO3/c1-8-5-9(18-2)3-4-11(8)16-7-10-6-13(14,15)12(17)19-10/h3-5,10,16H,6-7H2,1-2H3. The van der Waals surface area contributed by atoms with Gasteiger partial charge in [0.15, 0.2) is 0 Å². The maximum absolute atomic E-state index is 13.0. The number of carbonyl (C=O) groups is 1. The number of cyclic esters (lactones) is 1. The van der Waals surface area contributed by atoms with E-state index in [4.69, 9.17) is 4.74 Å². The summed E-state index contributed by atoms with van der Waals surface area (Å²) in [5, 5.41) is 3.00. The Kier molecular flexibility index (Phi) is 3.59. The lowest BCUT2D eigenvalue weighted by molar-refractivity contribution is -0.158. The van der Waals surface area contributed by atoms with Crippen LogP contribution in [-0.4, -0.2) is 31.7 Å². The van der Waals surface area contributed by atoms with Gasteiger partial charge in [-0.2, -0.15) is 8.78 Å². The van der Waals surface area contributed by atoms with E-state index in [-0.39, 0.29) is 6.54 Å². The van der Waals surface area contributed by atoms with Crippen molar-refractivity contribution in [2.24, 2.45) is 0 Å². The SMILES string of the molecule is COc1ccc(NCC2CC(F)(F)C(=O)O2)c(C)c1.